The average Bonchev–Trinajstić information content (AvgIpc) is 2.69. The Bertz CT molecular complexity index is 322. The van der Waals surface area contributed by atoms with Crippen molar-refractivity contribution in [3.8, 4) is 0 Å². The number of aromatic nitrogens is 1. The number of hydrogen-bond donors (Lipinski definition) is 1. The fourth-order valence-corrected chi connectivity index (χ4v) is 2.09. The molecule has 1 atom stereocenters. The van der Waals surface area contributed by atoms with Gasteiger partial charge in [-0.3, -0.25) is 4.79 Å². The molecule has 0 aliphatic carbocycles. The average molecular weight is 241 g/mol. The molecule has 0 aromatic carbocycles. The van der Waals surface area contributed by atoms with Gasteiger partial charge in [0.25, 0.3) is 0 Å². The highest BCUT2D eigenvalue weighted by atomic mass is 32.1. The van der Waals surface area contributed by atoms with E-state index in [2.05, 4.69) is 4.98 Å². The molecule has 0 spiro atoms. The lowest BCUT2D eigenvalue weighted by atomic mass is 10.2. The van der Waals surface area contributed by atoms with E-state index >= 15 is 0 Å². The Balaban J connectivity index is 2.55. The van der Waals surface area contributed by atoms with Crippen LogP contribution in [0.15, 0.2) is 11.6 Å². The lowest BCUT2D eigenvalue weighted by molar-refractivity contribution is -0.133. The van der Waals surface area contributed by atoms with Gasteiger partial charge in [-0.05, 0) is 20.8 Å². The standard InChI is InChI=1S/C11H19N3OS/c1-8(2)14(11(15)9(3)12)6-4-10-13-5-7-16-10/h5,7-9H,4,6,12H2,1-3H3. The molecule has 1 aromatic rings. The van der Waals surface area contributed by atoms with E-state index in [0.29, 0.717) is 6.54 Å². The van der Waals surface area contributed by atoms with Crippen LogP contribution in [-0.2, 0) is 11.2 Å². The highest BCUT2D eigenvalue weighted by molar-refractivity contribution is 7.09. The van der Waals surface area contributed by atoms with Gasteiger partial charge >= 0.3 is 0 Å². The largest absolute Gasteiger partial charge is 0.339 e. The molecule has 0 aliphatic rings. The van der Waals surface area contributed by atoms with Crippen LogP contribution in [0.5, 0.6) is 0 Å². The summed E-state index contributed by atoms with van der Waals surface area (Å²) < 4.78 is 0. The number of rotatable bonds is 5. The lowest BCUT2D eigenvalue weighted by Crippen LogP contribution is -2.46. The van der Waals surface area contributed by atoms with E-state index in [4.69, 9.17) is 5.73 Å². The first-order chi connectivity index (χ1) is 7.52. The van der Waals surface area contributed by atoms with Gasteiger partial charge in [0, 0.05) is 30.6 Å². The van der Waals surface area contributed by atoms with Crippen LogP contribution in [0.1, 0.15) is 25.8 Å². The van der Waals surface area contributed by atoms with E-state index in [9.17, 15) is 4.79 Å². The van der Waals surface area contributed by atoms with Crippen LogP contribution >= 0.6 is 11.3 Å². The van der Waals surface area contributed by atoms with Crippen molar-refractivity contribution in [3.05, 3.63) is 16.6 Å². The SMILES string of the molecule is CC(N)C(=O)N(CCc1nccs1)C(C)C. The van der Waals surface area contributed by atoms with E-state index in [1.165, 1.54) is 0 Å². The van der Waals surface area contributed by atoms with Crippen molar-refractivity contribution < 1.29 is 4.79 Å². The summed E-state index contributed by atoms with van der Waals surface area (Å²) in [5.74, 6) is 0.00607. The Kier molecular flexibility index (Phi) is 4.89. The van der Waals surface area contributed by atoms with Gasteiger partial charge in [-0.25, -0.2) is 4.98 Å². The van der Waals surface area contributed by atoms with Crippen molar-refractivity contribution in [3.63, 3.8) is 0 Å². The molecular weight excluding hydrogens is 222 g/mol. The monoisotopic (exact) mass is 241 g/mol. The number of amides is 1. The van der Waals surface area contributed by atoms with Gasteiger partial charge in [0.05, 0.1) is 11.0 Å². The molecule has 0 bridgehead atoms. The predicted octanol–water partition coefficient (Wildman–Crippen LogP) is 1.27. The van der Waals surface area contributed by atoms with Crippen molar-refractivity contribution in [2.24, 2.45) is 5.73 Å². The lowest BCUT2D eigenvalue weighted by Gasteiger charge is -2.28. The van der Waals surface area contributed by atoms with Crippen molar-refractivity contribution in [2.45, 2.75) is 39.3 Å². The molecule has 0 fully saturated rings. The van der Waals surface area contributed by atoms with Crippen LogP contribution in [0.2, 0.25) is 0 Å². The van der Waals surface area contributed by atoms with E-state index in [1.807, 2.05) is 24.1 Å². The Morgan fingerprint density at radius 1 is 1.56 bits per heavy atom. The first kappa shape index (κ1) is 13.1. The van der Waals surface area contributed by atoms with Crippen molar-refractivity contribution in [1.82, 2.24) is 9.88 Å². The predicted molar refractivity (Wildman–Crippen MR) is 66.3 cm³/mol. The van der Waals surface area contributed by atoms with Crippen LogP contribution in [0, 0.1) is 0 Å². The molecule has 0 aliphatic heterocycles. The fraction of sp³-hybridized carbons (Fsp3) is 0.636. The highest BCUT2D eigenvalue weighted by Gasteiger charge is 2.19. The van der Waals surface area contributed by atoms with Gasteiger partial charge in [0.15, 0.2) is 0 Å². The number of nitrogens with zero attached hydrogens (tertiary/aromatic N) is 2. The molecule has 1 aromatic heterocycles. The Morgan fingerprint density at radius 2 is 2.25 bits per heavy atom. The van der Waals surface area contributed by atoms with Gasteiger partial charge in [-0.2, -0.15) is 0 Å². The number of nitrogens with two attached hydrogens (primary N) is 1. The number of hydrogen-bond acceptors (Lipinski definition) is 4. The van der Waals surface area contributed by atoms with Crippen LogP contribution < -0.4 is 5.73 Å². The minimum absolute atomic E-state index is 0.00607. The third kappa shape index (κ3) is 3.57. The molecule has 2 N–H and O–H groups in total. The van der Waals surface area contributed by atoms with Gasteiger partial charge in [-0.15, -0.1) is 11.3 Å². The summed E-state index contributed by atoms with van der Waals surface area (Å²) in [6, 6.07) is -0.253. The number of carbonyl (C=O) groups is 1. The Hall–Kier alpha value is -0.940. The minimum Gasteiger partial charge on any atom is -0.339 e. The molecule has 0 saturated heterocycles. The Labute approximate surface area is 100 Å². The molecule has 1 heterocycles. The van der Waals surface area contributed by atoms with E-state index in [1.54, 1.807) is 24.5 Å². The van der Waals surface area contributed by atoms with Crippen molar-refractivity contribution in [1.29, 1.82) is 0 Å². The first-order valence-corrected chi connectivity index (χ1v) is 6.34. The van der Waals surface area contributed by atoms with Gasteiger partial charge in [-0.1, -0.05) is 0 Å². The summed E-state index contributed by atoms with van der Waals surface area (Å²) in [6.45, 7) is 6.41. The van der Waals surface area contributed by atoms with Gasteiger partial charge in [0.2, 0.25) is 5.91 Å². The number of thiazole rings is 1. The summed E-state index contributed by atoms with van der Waals surface area (Å²) in [5, 5.41) is 3.01. The fourth-order valence-electron chi connectivity index (χ4n) is 1.48. The van der Waals surface area contributed by atoms with Gasteiger partial charge < -0.3 is 10.6 Å². The zero-order valence-electron chi connectivity index (χ0n) is 10.0. The van der Waals surface area contributed by atoms with E-state index < -0.39 is 6.04 Å². The zero-order valence-corrected chi connectivity index (χ0v) is 10.8. The summed E-state index contributed by atoms with van der Waals surface area (Å²) in [4.78, 5) is 17.8. The second kappa shape index (κ2) is 5.96. The van der Waals surface area contributed by atoms with Crippen LogP contribution in [0.25, 0.3) is 0 Å². The first-order valence-electron chi connectivity index (χ1n) is 5.46. The van der Waals surface area contributed by atoms with E-state index in [0.717, 1.165) is 11.4 Å². The van der Waals surface area contributed by atoms with Crippen molar-refractivity contribution in [2.75, 3.05) is 6.54 Å². The highest BCUT2D eigenvalue weighted by Crippen LogP contribution is 2.08. The summed E-state index contributed by atoms with van der Waals surface area (Å²) in [7, 11) is 0. The molecular formula is C11H19N3OS. The van der Waals surface area contributed by atoms with Gasteiger partial charge in [0.1, 0.15) is 0 Å². The second-order valence-corrected chi connectivity index (χ2v) is 5.07. The molecule has 1 amide bonds. The second-order valence-electron chi connectivity index (χ2n) is 4.09. The maximum atomic E-state index is 11.8. The zero-order chi connectivity index (χ0) is 12.1. The Morgan fingerprint density at radius 3 is 2.69 bits per heavy atom. The molecule has 1 rings (SSSR count). The van der Waals surface area contributed by atoms with E-state index in [-0.39, 0.29) is 11.9 Å². The summed E-state index contributed by atoms with van der Waals surface area (Å²) in [5.41, 5.74) is 5.62. The van der Waals surface area contributed by atoms with Crippen molar-refractivity contribution >= 4 is 17.2 Å². The van der Waals surface area contributed by atoms with Crippen LogP contribution in [-0.4, -0.2) is 34.4 Å². The smallest absolute Gasteiger partial charge is 0.239 e. The third-order valence-electron chi connectivity index (χ3n) is 2.35. The number of carbonyl (C=O) groups excluding carboxylic acids is 1. The topological polar surface area (TPSA) is 59.2 Å². The molecule has 5 heteroatoms. The van der Waals surface area contributed by atoms with Crippen LogP contribution in [0.4, 0.5) is 0 Å². The molecule has 0 saturated carbocycles. The maximum Gasteiger partial charge on any atom is 0.239 e. The molecule has 4 nitrogen and oxygen atoms in total. The molecule has 16 heavy (non-hydrogen) atoms. The quantitative estimate of drug-likeness (QED) is 0.844. The normalized spacial score (nSPS) is 12.8. The maximum absolute atomic E-state index is 11.8. The van der Waals surface area contributed by atoms with Crippen LogP contribution in [0.3, 0.4) is 0 Å². The molecule has 1 unspecified atom stereocenters. The third-order valence-corrected chi connectivity index (χ3v) is 3.19. The summed E-state index contributed by atoms with van der Waals surface area (Å²) in [6.07, 6.45) is 2.58. The molecule has 0 radical (unpaired) electrons. The molecule has 90 valence electrons. The minimum atomic E-state index is -0.432. The summed E-state index contributed by atoms with van der Waals surface area (Å²) >= 11 is 1.62.